The molecule has 0 aliphatic heterocycles. The number of hydrogen-bond acceptors (Lipinski definition) is 2. The Bertz CT molecular complexity index is 341. The molecular weight excluding hydrogens is 200 g/mol. The van der Waals surface area contributed by atoms with E-state index in [0.29, 0.717) is 6.42 Å². The summed E-state index contributed by atoms with van der Waals surface area (Å²) in [6.07, 6.45) is 12.2. The zero-order valence-corrected chi connectivity index (χ0v) is 9.41. The van der Waals surface area contributed by atoms with Crippen molar-refractivity contribution >= 4 is 5.91 Å². The molecule has 0 heterocycles. The van der Waals surface area contributed by atoms with Crippen molar-refractivity contribution in [3.05, 3.63) is 11.6 Å². The zero-order valence-electron chi connectivity index (χ0n) is 9.41. The Morgan fingerprint density at radius 1 is 1.50 bits per heavy atom. The number of hydrogen-bond donors (Lipinski definition) is 0. The molecule has 0 saturated heterocycles. The lowest BCUT2D eigenvalue weighted by Crippen LogP contribution is -2.32. The summed E-state index contributed by atoms with van der Waals surface area (Å²) in [4.78, 5) is 13.3. The lowest BCUT2D eigenvalue weighted by molar-refractivity contribution is -0.129. The summed E-state index contributed by atoms with van der Waals surface area (Å²) in [5, 5.41) is 8.59. The molecule has 16 heavy (non-hydrogen) atoms. The largest absolute Gasteiger partial charge is 0.318 e. The lowest BCUT2D eigenvalue weighted by atomic mass is 9.97. The zero-order chi connectivity index (χ0) is 11.8. The molecule has 0 atom stereocenters. The monoisotopic (exact) mass is 216 g/mol. The summed E-state index contributed by atoms with van der Waals surface area (Å²) < 4.78 is 0. The molecule has 0 aromatic carbocycles. The van der Waals surface area contributed by atoms with Gasteiger partial charge in [0, 0.05) is 6.42 Å². The number of carbonyl (C=O) groups is 1. The van der Waals surface area contributed by atoms with Gasteiger partial charge in [0.1, 0.15) is 6.54 Å². The van der Waals surface area contributed by atoms with Crippen LogP contribution in [0.15, 0.2) is 11.6 Å². The van der Waals surface area contributed by atoms with Crippen molar-refractivity contribution in [3.8, 4) is 18.4 Å². The molecule has 1 aliphatic rings. The second-order valence-corrected chi connectivity index (χ2v) is 3.90. The topological polar surface area (TPSA) is 44.1 Å². The lowest BCUT2D eigenvalue weighted by Gasteiger charge is -2.19. The van der Waals surface area contributed by atoms with Crippen molar-refractivity contribution in [1.82, 2.24) is 4.90 Å². The fraction of sp³-hybridized carbons (Fsp3) is 0.538. The third-order valence-electron chi connectivity index (χ3n) is 2.66. The van der Waals surface area contributed by atoms with Gasteiger partial charge < -0.3 is 4.90 Å². The molecule has 1 rings (SSSR count). The van der Waals surface area contributed by atoms with Gasteiger partial charge in [0.05, 0.1) is 12.6 Å². The number of nitrogens with zero attached hydrogens (tertiary/aromatic N) is 2. The summed E-state index contributed by atoms with van der Waals surface area (Å²) >= 11 is 0. The van der Waals surface area contributed by atoms with Crippen LogP contribution in [0.25, 0.3) is 0 Å². The van der Waals surface area contributed by atoms with Crippen LogP contribution in [0.4, 0.5) is 0 Å². The number of rotatable bonds is 4. The molecule has 1 amide bonds. The second-order valence-electron chi connectivity index (χ2n) is 3.90. The maximum atomic E-state index is 11.8. The van der Waals surface area contributed by atoms with E-state index in [-0.39, 0.29) is 19.0 Å². The summed E-state index contributed by atoms with van der Waals surface area (Å²) in [5.74, 6) is 2.37. The molecule has 3 nitrogen and oxygen atoms in total. The molecule has 0 saturated carbocycles. The normalized spacial score (nSPS) is 14.5. The fourth-order valence-corrected chi connectivity index (χ4v) is 1.80. The highest BCUT2D eigenvalue weighted by Gasteiger charge is 2.14. The number of nitriles is 1. The van der Waals surface area contributed by atoms with Crippen LogP contribution in [0.2, 0.25) is 0 Å². The molecular formula is C13H16N2O. The van der Waals surface area contributed by atoms with E-state index in [1.54, 1.807) is 0 Å². The van der Waals surface area contributed by atoms with Crippen LogP contribution in [0, 0.1) is 23.7 Å². The SMILES string of the molecule is C#CCN(CC#N)C(=O)CC1=CCCCC1. The van der Waals surface area contributed by atoms with Crippen molar-refractivity contribution in [2.24, 2.45) is 0 Å². The van der Waals surface area contributed by atoms with Gasteiger partial charge in [0.15, 0.2) is 0 Å². The predicted octanol–water partition coefficient (Wildman–Crippen LogP) is 1.86. The summed E-state index contributed by atoms with van der Waals surface area (Å²) in [6.45, 7) is 0.302. The Hall–Kier alpha value is -1.74. The second kappa shape index (κ2) is 6.69. The maximum absolute atomic E-state index is 11.8. The van der Waals surface area contributed by atoms with Gasteiger partial charge in [-0.1, -0.05) is 17.6 Å². The standard InChI is InChI=1S/C13H16N2O/c1-2-9-15(10-8-14)13(16)11-12-6-4-3-5-7-12/h1,6H,3-5,7,9-11H2. The van der Waals surface area contributed by atoms with Crippen LogP contribution in [-0.2, 0) is 4.79 Å². The summed E-state index contributed by atoms with van der Waals surface area (Å²) in [5.41, 5.74) is 1.19. The van der Waals surface area contributed by atoms with E-state index in [1.807, 2.05) is 6.07 Å². The van der Waals surface area contributed by atoms with Crippen LogP contribution in [0.1, 0.15) is 32.1 Å². The van der Waals surface area contributed by atoms with Gasteiger partial charge in [-0.25, -0.2) is 0 Å². The molecule has 1 aliphatic carbocycles. The van der Waals surface area contributed by atoms with Crippen molar-refractivity contribution in [1.29, 1.82) is 5.26 Å². The van der Waals surface area contributed by atoms with Gasteiger partial charge in [0.2, 0.25) is 5.91 Å². The van der Waals surface area contributed by atoms with E-state index in [0.717, 1.165) is 19.3 Å². The molecule has 0 radical (unpaired) electrons. The highest BCUT2D eigenvalue weighted by molar-refractivity contribution is 5.79. The quantitative estimate of drug-likeness (QED) is 0.409. The maximum Gasteiger partial charge on any atom is 0.228 e. The third-order valence-corrected chi connectivity index (χ3v) is 2.66. The van der Waals surface area contributed by atoms with Gasteiger partial charge in [-0.3, -0.25) is 4.79 Å². The predicted molar refractivity (Wildman–Crippen MR) is 62.2 cm³/mol. The Morgan fingerprint density at radius 2 is 2.31 bits per heavy atom. The van der Waals surface area contributed by atoms with E-state index in [2.05, 4.69) is 12.0 Å². The Kier molecular flexibility index (Phi) is 5.16. The first-order chi connectivity index (χ1) is 7.77. The highest BCUT2D eigenvalue weighted by atomic mass is 16.2. The van der Waals surface area contributed by atoms with Crippen molar-refractivity contribution < 1.29 is 4.79 Å². The van der Waals surface area contributed by atoms with Crippen molar-refractivity contribution in [2.75, 3.05) is 13.1 Å². The van der Waals surface area contributed by atoms with Crippen LogP contribution in [0.5, 0.6) is 0 Å². The minimum Gasteiger partial charge on any atom is -0.318 e. The van der Waals surface area contributed by atoms with Gasteiger partial charge in [-0.15, -0.1) is 6.42 Å². The first-order valence-corrected chi connectivity index (χ1v) is 5.54. The molecule has 3 heteroatoms. The number of carbonyl (C=O) groups excluding carboxylic acids is 1. The molecule has 0 fully saturated rings. The van der Waals surface area contributed by atoms with Crippen LogP contribution in [-0.4, -0.2) is 23.9 Å². The van der Waals surface area contributed by atoms with E-state index in [9.17, 15) is 4.79 Å². The van der Waals surface area contributed by atoms with Gasteiger partial charge in [-0.05, 0) is 25.7 Å². The molecule has 0 aromatic rings. The average Bonchev–Trinajstić information content (AvgIpc) is 2.30. The van der Waals surface area contributed by atoms with Crippen LogP contribution in [0.3, 0.4) is 0 Å². The highest BCUT2D eigenvalue weighted by Crippen LogP contribution is 2.20. The fourth-order valence-electron chi connectivity index (χ4n) is 1.80. The van der Waals surface area contributed by atoms with Crippen LogP contribution < -0.4 is 0 Å². The van der Waals surface area contributed by atoms with Crippen molar-refractivity contribution in [3.63, 3.8) is 0 Å². The molecule has 0 bridgehead atoms. The Morgan fingerprint density at radius 3 is 2.88 bits per heavy atom. The van der Waals surface area contributed by atoms with E-state index in [1.165, 1.54) is 16.9 Å². The first kappa shape index (κ1) is 12.3. The molecule has 0 spiro atoms. The minimum atomic E-state index is -0.0346. The van der Waals surface area contributed by atoms with E-state index < -0.39 is 0 Å². The number of terminal acetylenes is 1. The summed E-state index contributed by atoms with van der Waals surface area (Å²) in [6, 6.07) is 1.96. The van der Waals surface area contributed by atoms with E-state index >= 15 is 0 Å². The molecule has 0 N–H and O–H groups in total. The number of amides is 1. The number of allylic oxidation sites excluding steroid dienone is 1. The average molecular weight is 216 g/mol. The molecule has 0 unspecified atom stereocenters. The molecule has 0 aromatic heterocycles. The van der Waals surface area contributed by atoms with Crippen molar-refractivity contribution in [2.45, 2.75) is 32.1 Å². The van der Waals surface area contributed by atoms with Crippen LogP contribution >= 0.6 is 0 Å². The molecule has 84 valence electrons. The van der Waals surface area contributed by atoms with Gasteiger partial charge >= 0.3 is 0 Å². The Balaban J connectivity index is 2.51. The summed E-state index contributed by atoms with van der Waals surface area (Å²) in [7, 11) is 0. The Labute approximate surface area is 96.7 Å². The third kappa shape index (κ3) is 3.79. The van der Waals surface area contributed by atoms with Gasteiger partial charge in [0.25, 0.3) is 0 Å². The minimum absolute atomic E-state index is 0.0346. The first-order valence-electron chi connectivity index (χ1n) is 5.54. The van der Waals surface area contributed by atoms with Gasteiger partial charge in [-0.2, -0.15) is 5.26 Å². The smallest absolute Gasteiger partial charge is 0.228 e. The van der Waals surface area contributed by atoms with E-state index in [4.69, 9.17) is 11.7 Å².